The molecule has 0 saturated heterocycles. The van der Waals surface area contributed by atoms with Crippen molar-refractivity contribution in [2.24, 2.45) is 5.73 Å². The van der Waals surface area contributed by atoms with Crippen LogP contribution >= 0.6 is 27.3 Å². The molecule has 2 rings (SSSR count). The zero-order valence-electron chi connectivity index (χ0n) is 11.2. The molecule has 1 aromatic carbocycles. The molecule has 2 N–H and O–H groups in total. The Labute approximate surface area is 126 Å². The molecule has 2 aromatic rings. The van der Waals surface area contributed by atoms with E-state index in [9.17, 15) is 0 Å². The normalized spacial score (nSPS) is 12.4. The van der Waals surface area contributed by atoms with E-state index in [1.807, 2.05) is 13.0 Å². The van der Waals surface area contributed by atoms with E-state index in [0.29, 0.717) is 6.61 Å². The van der Waals surface area contributed by atoms with Gasteiger partial charge in [-0.25, -0.2) is 0 Å². The fraction of sp³-hybridized carbons (Fsp3) is 0.333. The summed E-state index contributed by atoms with van der Waals surface area (Å²) in [7, 11) is 0. The molecule has 0 fully saturated rings. The summed E-state index contributed by atoms with van der Waals surface area (Å²) in [5.41, 5.74) is 8.32. The van der Waals surface area contributed by atoms with E-state index in [2.05, 4.69) is 46.4 Å². The Bertz CT molecular complexity index is 551. The summed E-state index contributed by atoms with van der Waals surface area (Å²) in [6.45, 7) is 4.71. The lowest BCUT2D eigenvalue weighted by Crippen LogP contribution is -2.18. The molecule has 0 amide bonds. The van der Waals surface area contributed by atoms with Crippen LogP contribution in [0, 0.1) is 6.92 Å². The number of hydrogen-bond donors (Lipinski definition) is 1. The fourth-order valence-electron chi connectivity index (χ4n) is 1.93. The highest BCUT2D eigenvalue weighted by Gasteiger charge is 2.07. The molecular weight excluding hydrogens is 322 g/mol. The molecule has 4 heteroatoms. The predicted molar refractivity (Wildman–Crippen MR) is 84.9 cm³/mol. The molecule has 0 aliphatic heterocycles. The van der Waals surface area contributed by atoms with E-state index in [1.54, 1.807) is 11.3 Å². The van der Waals surface area contributed by atoms with Crippen molar-refractivity contribution in [1.82, 2.24) is 0 Å². The van der Waals surface area contributed by atoms with Gasteiger partial charge in [0.05, 0.1) is 0 Å². The van der Waals surface area contributed by atoms with E-state index in [-0.39, 0.29) is 6.04 Å². The Morgan fingerprint density at radius 1 is 1.37 bits per heavy atom. The van der Waals surface area contributed by atoms with Gasteiger partial charge in [0.25, 0.3) is 0 Å². The Kier molecular flexibility index (Phi) is 5.02. The number of rotatable bonds is 5. The second-order valence-corrected chi connectivity index (χ2v) is 6.72. The summed E-state index contributed by atoms with van der Waals surface area (Å²) in [6, 6.07) is 8.49. The molecule has 1 unspecified atom stereocenters. The van der Waals surface area contributed by atoms with Gasteiger partial charge in [0, 0.05) is 20.8 Å². The van der Waals surface area contributed by atoms with Gasteiger partial charge >= 0.3 is 0 Å². The molecule has 0 radical (unpaired) electrons. The SMILES string of the molecule is Cc1ccc(OCc2cc(Br)cs2)c(CC(C)N)c1. The minimum atomic E-state index is 0.139. The van der Waals surface area contributed by atoms with Gasteiger partial charge in [0.1, 0.15) is 12.4 Å². The van der Waals surface area contributed by atoms with Crippen molar-refractivity contribution in [3.63, 3.8) is 0 Å². The largest absolute Gasteiger partial charge is 0.488 e. The van der Waals surface area contributed by atoms with Crippen LogP contribution in [-0.2, 0) is 13.0 Å². The molecule has 0 aliphatic carbocycles. The topological polar surface area (TPSA) is 35.2 Å². The second-order valence-electron chi connectivity index (χ2n) is 4.81. The summed E-state index contributed by atoms with van der Waals surface area (Å²) in [5.74, 6) is 0.937. The van der Waals surface area contributed by atoms with Gasteiger partial charge in [-0.1, -0.05) is 17.7 Å². The number of aryl methyl sites for hydroxylation is 1. The molecule has 0 aliphatic rings. The van der Waals surface area contributed by atoms with Crippen LogP contribution < -0.4 is 10.5 Å². The first-order chi connectivity index (χ1) is 9.04. The smallest absolute Gasteiger partial charge is 0.123 e. The minimum absolute atomic E-state index is 0.139. The molecule has 0 bridgehead atoms. The van der Waals surface area contributed by atoms with Crippen LogP contribution in [0.1, 0.15) is 22.9 Å². The average molecular weight is 340 g/mol. The summed E-state index contributed by atoms with van der Waals surface area (Å²) in [6.07, 6.45) is 0.838. The monoisotopic (exact) mass is 339 g/mol. The zero-order chi connectivity index (χ0) is 13.8. The lowest BCUT2D eigenvalue weighted by atomic mass is 10.0. The van der Waals surface area contributed by atoms with Gasteiger partial charge in [-0.15, -0.1) is 11.3 Å². The van der Waals surface area contributed by atoms with E-state index in [0.717, 1.165) is 16.6 Å². The second kappa shape index (κ2) is 6.55. The summed E-state index contributed by atoms with van der Waals surface area (Å²) in [4.78, 5) is 1.21. The Balaban J connectivity index is 2.10. The van der Waals surface area contributed by atoms with Gasteiger partial charge in [-0.05, 0) is 53.9 Å². The lowest BCUT2D eigenvalue weighted by Gasteiger charge is -2.13. The van der Waals surface area contributed by atoms with Crippen LogP contribution in [0.5, 0.6) is 5.75 Å². The maximum absolute atomic E-state index is 5.93. The third-order valence-electron chi connectivity index (χ3n) is 2.75. The van der Waals surface area contributed by atoms with Crippen molar-refractivity contribution in [3.8, 4) is 5.75 Å². The molecule has 1 aromatic heterocycles. The number of hydrogen-bond acceptors (Lipinski definition) is 3. The van der Waals surface area contributed by atoms with Crippen LogP contribution in [0.25, 0.3) is 0 Å². The average Bonchev–Trinajstić information content (AvgIpc) is 2.73. The third kappa shape index (κ3) is 4.34. The quantitative estimate of drug-likeness (QED) is 0.881. The van der Waals surface area contributed by atoms with E-state index >= 15 is 0 Å². The fourth-order valence-corrected chi connectivity index (χ4v) is 3.30. The highest BCUT2D eigenvalue weighted by Crippen LogP contribution is 2.25. The number of thiophene rings is 1. The van der Waals surface area contributed by atoms with Crippen LogP contribution in [-0.4, -0.2) is 6.04 Å². The van der Waals surface area contributed by atoms with Crippen LogP contribution in [0.4, 0.5) is 0 Å². The van der Waals surface area contributed by atoms with Gasteiger partial charge in [-0.3, -0.25) is 0 Å². The summed E-state index contributed by atoms with van der Waals surface area (Å²) < 4.78 is 7.03. The van der Waals surface area contributed by atoms with Gasteiger partial charge in [0.15, 0.2) is 0 Å². The third-order valence-corrected chi connectivity index (χ3v) is 4.42. The Hall–Kier alpha value is -0.840. The summed E-state index contributed by atoms with van der Waals surface area (Å²) >= 11 is 5.15. The molecule has 2 nitrogen and oxygen atoms in total. The van der Waals surface area contributed by atoms with Crippen molar-refractivity contribution in [3.05, 3.63) is 50.1 Å². The molecule has 0 spiro atoms. The summed E-state index contributed by atoms with van der Waals surface area (Å²) in [5, 5.41) is 2.07. The van der Waals surface area contributed by atoms with E-state index in [1.165, 1.54) is 16.0 Å². The Morgan fingerprint density at radius 2 is 2.16 bits per heavy atom. The van der Waals surface area contributed by atoms with Crippen molar-refractivity contribution in [2.45, 2.75) is 32.9 Å². The molecular formula is C15H18BrNOS. The number of halogens is 1. The minimum Gasteiger partial charge on any atom is -0.488 e. The number of benzene rings is 1. The highest BCUT2D eigenvalue weighted by molar-refractivity contribution is 9.10. The molecule has 102 valence electrons. The first kappa shape index (κ1) is 14.6. The molecule has 0 saturated carbocycles. The van der Waals surface area contributed by atoms with Crippen LogP contribution in [0.2, 0.25) is 0 Å². The van der Waals surface area contributed by atoms with Gasteiger partial charge in [0.2, 0.25) is 0 Å². The predicted octanol–water partition coefficient (Wildman–Crippen LogP) is 4.29. The van der Waals surface area contributed by atoms with Crippen molar-refractivity contribution in [2.75, 3.05) is 0 Å². The van der Waals surface area contributed by atoms with Crippen LogP contribution in [0.15, 0.2) is 34.1 Å². The Morgan fingerprint density at radius 3 is 2.79 bits per heavy atom. The first-order valence-corrected chi connectivity index (χ1v) is 7.92. The van der Waals surface area contributed by atoms with E-state index in [4.69, 9.17) is 10.5 Å². The molecule has 19 heavy (non-hydrogen) atoms. The first-order valence-electron chi connectivity index (χ1n) is 6.25. The molecule has 1 atom stereocenters. The molecule has 1 heterocycles. The van der Waals surface area contributed by atoms with Gasteiger partial charge in [-0.2, -0.15) is 0 Å². The van der Waals surface area contributed by atoms with Crippen molar-refractivity contribution in [1.29, 1.82) is 0 Å². The lowest BCUT2D eigenvalue weighted by molar-refractivity contribution is 0.306. The highest BCUT2D eigenvalue weighted by atomic mass is 79.9. The maximum atomic E-state index is 5.93. The van der Waals surface area contributed by atoms with Gasteiger partial charge < -0.3 is 10.5 Å². The number of ether oxygens (including phenoxy) is 1. The number of nitrogens with two attached hydrogens (primary N) is 1. The zero-order valence-corrected chi connectivity index (χ0v) is 13.6. The van der Waals surface area contributed by atoms with E-state index < -0.39 is 0 Å². The standard InChI is InChI=1S/C15H18BrNOS/c1-10-3-4-15(12(5-10)6-11(2)17)18-8-14-7-13(16)9-19-14/h3-5,7,9,11H,6,8,17H2,1-2H3. The van der Waals surface area contributed by atoms with Crippen LogP contribution in [0.3, 0.4) is 0 Å². The van der Waals surface area contributed by atoms with Crippen molar-refractivity contribution >= 4 is 27.3 Å². The maximum Gasteiger partial charge on any atom is 0.123 e. The van der Waals surface area contributed by atoms with Crippen molar-refractivity contribution < 1.29 is 4.74 Å².